The molecule has 0 aliphatic carbocycles. The Morgan fingerprint density at radius 2 is 2.47 bits per heavy atom. The SMILES string of the molecule is CC1CCN(C(=O)c2ccsc2)CC1Cl. The lowest BCUT2D eigenvalue weighted by atomic mass is 9.98. The first-order valence-electron chi connectivity index (χ1n) is 5.14. The molecular weight excluding hydrogens is 230 g/mol. The number of amides is 1. The van der Waals surface area contributed by atoms with E-state index in [2.05, 4.69) is 6.92 Å². The number of nitrogens with zero attached hydrogens (tertiary/aromatic N) is 1. The van der Waals surface area contributed by atoms with Gasteiger partial charge in [0.2, 0.25) is 0 Å². The van der Waals surface area contributed by atoms with Crippen molar-refractivity contribution in [1.29, 1.82) is 0 Å². The van der Waals surface area contributed by atoms with E-state index in [9.17, 15) is 4.79 Å². The highest BCUT2D eigenvalue weighted by Crippen LogP contribution is 2.23. The molecule has 2 nitrogen and oxygen atoms in total. The normalized spacial score (nSPS) is 26.7. The molecule has 2 unspecified atom stereocenters. The molecule has 15 heavy (non-hydrogen) atoms. The number of halogens is 1. The molecule has 2 heterocycles. The van der Waals surface area contributed by atoms with E-state index in [0.29, 0.717) is 12.5 Å². The van der Waals surface area contributed by atoms with E-state index in [1.54, 1.807) is 11.3 Å². The molecule has 1 fully saturated rings. The molecule has 1 aromatic heterocycles. The van der Waals surface area contributed by atoms with Crippen molar-refractivity contribution in [3.63, 3.8) is 0 Å². The fourth-order valence-electron chi connectivity index (χ4n) is 1.78. The van der Waals surface area contributed by atoms with Crippen molar-refractivity contribution in [2.24, 2.45) is 5.92 Å². The number of rotatable bonds is 1. The highest BCUT2D eigenvalue weighted by Gasteiger charge is 2.27. The maximum Gasteiger partial charge on any atom is 0.254 e. The van der Waals surface area contributed by atoms with E-state index >= 15 is 0 Å². The van der Waals surface area contributed by atoms with E-state index in [1.807, 2.05) is 21.7 Å². The lowest BCUT2D eigenvalue weighted by Crippen LogP contribution is -2.43. The van der Waals surface area contributed by atoms with Crippen LogP contribution in [-0.2, 0) is 0 Å². The Hall–Kier alpha value is -0.540. The van der Waals surface area contributed by atoms with Gasteiger partial charge in [-0.2, -0.15) is 11.3 Å². The van der Waals surface area contributed by atoms with Gasteiger partial charge in [0.1, 0.15) is 0 Å². The van der Waals surface area contributed by atoms with Gasteiger partial charge in [-0.25, -0.2) is 0 Å². The van der Waals surface area contributed by atoms with Gasteiger partial charge in [-0.3, -0.25) is 4.79 Å². The standard InChI is InChI=1S/C11H14ClNOS/c1-8-2-4-13(6-10(8)12)11(14)9-3-5-15-7-9/h3,5,7-8,10H,2,4,6H2,1H3. The fourth-order valence-corrected chi connectivity index (χ4v) is 2.70. The van der Waals surface area contributed by atoms with Crippen LogP contribution < -0.4 is 0 Å². The third kappa shape index (κ3) is 2.34. The summed E-state index contributed by atoms with van der Waals surface area (Å²) in [5.74, 6) is 0.631. The van der Waals surface area contributed by atoms with Crippen molar-refractivity contribution in [2.45, 2.75) is 18.7 Å². The molecule has 1 aromatic rings. The molecule has 0 aromatic carbocycles. The fraction of sp³-hybridized carbons (Fsp3) is 0.545. The Morgan fingerprint density at radius 3 is 3.07 bits per heavy atom. The average molecular weight is 244 g/mol. The third-order valence-corrected chi connectivity index (χ3v) is 4.17. The molecule has 1 amide bonds. The molecule has 2 atom stereocenters. The monoisotopic (exact) mass is 243 g/mol. The average Bonchev–Trinajstić information content (AvgIpc) is 2.74. The minimum Gasteiger partial charge on any atom is -0.337 e. The largest absolute Gasteiger partial charge is 0.337 e. The number of carbonyl (C=O) groups is 1. The number of piperidine rings is 1. The Balaban J connectivity index is 2.03. The second kappa shape index (κ2) is 4.54. The molecule has 1 aliphatic heterocycles. The summed E-state index contributed by atoms with van der Waals surface area (Å²) >= 11 is 7.73. The first kappa shape index (κ1) is 11.0. The summed E-state index contributed by atoms with van der Waals surface area (Å²) in [6.07, 6.45) is 1.00. The molecule has 0 bridgehead atoms. The van der Waals surface area contributed by atoms with Crippen LogP contribution in [0.2, 0.25) is 0 Å². The van der Waals surface area contributed by atoms with Gasteiger partial charge >= 0.3 is 0 Å². The molecular formula is C11H14ClNOS. The lowest BCUT2D eigenvalue weighted by molar-refractivity contribution is 0.0702. The number of hydrogen-bond acceptors (Lipinski definition) is 2. The van der Waals surface area contributed by atoms with E-state index in [0.717, 1.165) is 18.5 Å². The first-order valence-corrected chi connectivity index (χ1v) is 6.52. The van der Waals surface area contributed by atoms with E-state index in [4.69, 9.17) is 11.6 Å². The topological polar surface area (TPSA) is 20.3 Å². The Kier molecular flexibility index (Phi) is 3.32. The van der Waals surface area contributed by atoms with Crippen molar-refractivity contribution >= 4 is 28.8 Å². The zero-order valence-electron chi connectivity index (χ0n) is 8.65. The van der Waals surface area contributed by atoms with Crippen LogP contribution in [0.25, 0.3) is 0 Å². The number of thiophene rings is 1. The molecule has 0 N–H and O–H groups in total. The molecule has 1 saturated heterocycles. The molecule has 4 heteroatoms. The highest BCUT2D eigenvalue weighted by molar-refractivity contribution is 7.08. The maximum absolute atomic E-state index is 12.0. The van der Waals surface area contributed by atoms with Crippen molar-refractivity contribution in [2.75, 3.05) is 13.1 Å². The van der Waals surface area contributed by atoms with Gasteiger partial charge in [0.05, 0.1) is 10.9 Å². The maximum atomic E-state index is 12.0. The Bertz CT molecular complexity index is 338. The summed E-state index contributed by atoms with van der Waals surface area (Å²) in [7, 11) is 0. The van der Waals surface area contributed by atoms with Crippen LogP contribution in [0.5, 0.6) is 0 Å². The summed E-state index contributed by atoms with van der Waals surface area (Å²) in [6, 6.07) is 1.87. The van der Waals surface area contributed by atoms with Crippen LogP contribution in [0, 0.1) is 5.92 Å². The smallest absolute Gasteiger partial charge is 0.254 e. The van der Waals surface area contributed by atoms with Gasteiger partial charge < -0.3 is 4.90 Å². The number of likely N-dealkylation sites (tertiary alicyclic amines) is 1. The quantitative estimate of drug-likeness (QED) is 0.695. The summed E-state index contributed by atoms with van der Waals surface area (Å²) in [5.41, 5.74) is 0.790. The Morgan fingerprint density at radius 1 is 1.67 bits per heavy atom. The zero-order valence-corrected chi connectivity index (χ0v) is 10.2. The van der Waals surface area contributed by atoms with Crippen LogP contribution >= 0.6 is 22.9 Å². The molecule has 82 valence electrons. The highest BCUT2D eigenvalue weighted by atomic mass is 35.5. The van der Waals surface area contributed by atoms with Crippen LogP contribution in [-0.4, -0.2) is 29.3 Å². The third-order valence-electron chi connectivity index (χ3n) is 2.92. The van der Waals surface area contributed by atoms with Gasteiger partial charge in [-0.15, -0.1) is 11.6 Å². The molecule has 0 radical (unpaired) electrons. The minimum atomic E-state index is 0.0985. The number of alkyl halides is 1. The van der Waals surface area contributed by atoms with Crippen LogP contribution in [0.3, 0.4) is 0 Å². The van der Waals surface area contributed by atoms with E-state index in [1.165, 1.54) is 0 Å². The van der Waals surface area contributed by atoms with Gasteiger partial charge in [-0.1, -0.05) is 6.92 Å². The van der Waals surface area contributed by atoms with Crippen LogP contribution in [0.4, 0.5) is 0 Å². The van der Waals surface area contributed by atoms with Crippen molar-refractivity contribution in [1.82, 2.24) is 4.90 Å². The van der Waals surface area contributed by atoms with E-state index in [-0.39, 0.29) is 11.3 Å². The molecule has 0 spiro atoms. The molecule has 0 saturated carbocycles. The lowest BCUT2D eigenvalue weighted by Gasteiger charge is -2.33. The zero-order chi connectivity index (χ0) is 10.8. The summed E-state index contributed by atoms with van der Waals surface area (Å²) in [5, 5.41) is 3.92. The minimum absolute atomic E-state index is 0.0985. The van der Waals surface area contributed by atoms with Crippen LogP contribution in [0.1, 0.15) is 23.7 Å². The molecule has 2 rings (SSSR count). The van der Waals surface area contributed by atoms with Crippen molar-refractivity contribution in [3.8, 4) is 0 Å². The number of hydrogen-bond donors (Lipinski definition) is 0. The molecule has 1 aliphatic rings. The summed E-state index contributed by atoms with van der Waals surface area (Å²) < 4.78 is 0. The van der Waals surface area contributed by atoms with Crippen molar-refractivity contribution < 1.29 is 4.79 Å². The van der Waals surface area contributed by atoms with Gasteiger partial charge in [0, 0.05) is 18.5 Å². The Labute approximate surface area is 98.8 Å². The number of carbonyl (C=O) groups excluding carboxylic acids is 1. The van der Waals surface area contributed by atoms with Gasteiger partial charge in [-0.05, 0) is 23.8 Å². The second-order valence-corrected chi connectivity index (χ2v) is 5.39. The predicted octanol–water partition coefficient (Wildman–Crippen LogP) is 2.84. The van der Waals surface area contributed by atoms with Gasteiger partial charge in [0.15, 0.2) is 0 Å². The summed E-state index contributed by atoms with van der Waals surface area (Å²) in [6.45, 7) is 3.65. The second-order valence-electron chi connectivity index (χ2n) is 4.05. The van der Waals surface area contributed by atoms with Gasteiger partial charge in [0.25, 0.3) is 5.91 Å². The van der Waals surface area contributed by atoms with Crippen molar-refractivity contribution in [3.05, 3.63) is 22.4 Å². The van der Waals surface area contributed by atoms with Crippen LogP contribution in [0.15, 0.2) is 16.8 Å². The first-order chi connectivity index (χ1) is 7.18. The summed E-state index contributed by atoms with van der Waals surface area (Å²) in [4.78, 5) is 13.8. The van der Waals surface area contributed by atoms with E-state index < -0.39 is 0 Å². The predicted molar refractivity (Wildman–Crippen MR) is 63.6 cm³/mol.